The number of nitrogens with one attached hydrogen (secondary N) is 2. The SMILES string of the molecule is Cc1cc(NCc2cc(OC3CCNC3)ccn2)nc(C)n1. The maximum absolute atomic E-state index is 5.95. The van der Waals surface area contributed by atoms with Crippen LogP contribution < -0.4 is 15.4 Å². The highest BCUT2D eigenvalue weighted by molar-refractivity contribution is 5.36. The minimum atomic E-state index is 0.260. The van der Waals surface area contributed by atoms with E-state index in [0.717, 1.165) is 48.3 Å². The van der Waals surface area contributed by atoms with Crippen LogP contribution in [0.15, 0.2) is 24.4 Å². The molecule has 0 aliphatic carbocycles. The van der Waals surface area contributed by atoms with Crippen LogP contribution in [0.5, 0.6) is 5.75 Å². The van der Waals surface area contributed by atoms with Crippen molar-refractivity contribution in [1.29, 1.82) is 0 Å². The van der Waals surface area contributed by atoms with Gasteiger partial charge in [-0.3, -0.25) is 4.98 Å². The lowest BCUT2D eigenvalue weighted by Gasteiger charge is -2.13. The molecule has 0 bridgehead atoms. The fourth-order valence-electron chi connectivity index (χ4n) is 2.54. The summed E-state index contributed by atoms with van der Waals surface area (Å²) in [7, 11) is 0. The normalized spacial score (nSPS) is 17.5. The highest BCUT2D eigenvalue weighted by atomic mass is 16.5. The molecule has 1 unspecified atom stereocenters. The highest BCUT2D eigenvalue weighted by Gasteiger charge is 2.15. The van der Waals surface area contributed by atoms with Crippen LogP contribution in [0.3, 0.4) is 0 Å². The molecule has 1 atom stereocenters. The Balaban J connectivity index is 1.62. The first-order chi connectivity index (χ1) is 10.7. The number of rotatable bonds is 5. The van der Waals surface area contributed by atoms with Crippen molar-refractivity contribution in [3.8, 4) is 5.75 Å². The Morgan fingerprint density at radius 1 is 1.32 bits per heavy atom. The zero-order valence-corrected chi connectivity index (χ0v) is 13.0. The van der Waals surface area contributed by atoms with E-state index in [1.165, 1.54) is 0 Å². The van der Waals surface area contributed by atoms with Crippen LogP contribution >= 0.6 is 0 Å². The quantitative estimate of drug-likeness (QED) is 0.878. The van der Waals surface area contributed by atoms with E-state index in [1.807, 2.05) is 32.0 Å². The summed E-state index contributed by atoms with van der Waals surface area (Å²) in [6.07, 6.45) is 3.09. The van der Waals surface area contributed by atoms with Crippen molar-refractivity contribution in [3.63, 3.8) is 0 Å². The van der Waals surface area contributed by atoms with Crippen LogP contribution in [0.4, 0.5) is 5.82 Å². The average Bonchev–Trinajstić information content (AvgIpc) is 2.97. The lowest BCUT2D eigenvalue weighted by molar-refractivity contribution is 0.222. The Morgan fingerprint density at radius 2 is 2.23 bits per heavy atom. The van der Waals surface area contributed by atoms with E-state index in [1.54, 1.807) is 6.20 Å². The second-order valence-corrected chi connectivity index (χ2v) is 5.51. The molecule has 22 heavy (non-hydrogen) atoms. The largest absolute Gasteiger partial charge is 0.489 e. The first-order valence-electron chi connectivity index (χ1n) is 7.57. The van der Waals surface area contributed by atoms with Crippen LogP contribution in [0.25, 0.3) is 0 Å². The van der Waals surface area contributed by atoms with E-state index in [9.17, 15) is 0 Å². The third-order valence-electron chi connectivity index (χ3n) is 3.52. The molecule has 0 aromatic carbocycles. The van der Waals surface area contributed by atoms with Gasteiger partial charge in [-0.25, -0.2) is 9.97 Å². The Kier molecular flexibility index (Phi) is 4.48. The van der Waals surface area contributed by atoms with Gasteiger partial charge in [-0.05, 0) is 32.9 Å². The van der Waals surface area contributed by atoms with E-state index in [0.29, 0.717) is 6.54 Å². The predicted molar refractivity (Wildman–Crippen MR) is 85.0 cm³/mol. The molecule has 0 spiro atoms. The fraction of sp³-hybridized carbons (Fsp3) is 0.438. The highest BCUT2D eigenvalue weighted by Crippen LogP contribution is 2.16. The van der Waals surface area contributed by atoms with E-state index < -0.39 is 0 Å². The summed E-state index contributed by atoms with van der Waals surface area (Å²) in [6.45, 7) is 6.39. The standard InChI is InChI=1S/C16H21N5O/c1-11-7-16(21-12(2)20-11)19-9-13-8-14(4-6-18-13)22-15-3-5-17-10-15/h4,6-8,15,17H,3,5,9-10H2,1-2H3,(H,19,20,21). The third-order valence-corrected chi connectivity index (χ3v) is 3.52. The summed E-state index contributed by atoms with van der Waals surface area (Å²) in [5.74, 6) is 2.45. The number of aromatic nitrogens is 3. The van der Waals surface area contributed by atoms with Crippen molar-refractivity contribution in [3.05, 3.63) is 41.6 Å². The molecule has 3 rings (SSSR count). The summed E-state index contributed by atoms with van der Waals surface area (Å²) in [5, 5.41) is 6.58. The smallest absolute Gasteiger partial charge is 0.130 e. The number of pyridine rings is 1. The van der Waals surface area contributed by atoms with Crippen LogP contribution in [0.2, 0.25) is 0 Å². The monoisotopic (exact) mass is 299 g/mol. The molecule has 0 radical (unpaired) electrons. The topological polar surface area (TPSA) is 72.0 Å². The summed E-state index contributed by atoms with van der Waals surface area (Å²) in [6, 6.07) is 5.81. The lowest BCUT2D eigenvalue weighted by atomic mass is 10.3. The average molecular weight is 299 g/mol. The van der Waals surface area contributed by atoms with Gasteiger partial charge in [0, 0.05) is 30.6 Å². The molecule has 116 valence electrons. The molecule has 6 nitrogen and oxygen atoms in total. The molecule has 2 N–H and O–H groups in total. The van der Waals surface area contributed by atoms with Gasteiger partial charge in [0.15, 0.2) is 0 Å². The summed E-state index contributed by atoms with van der Waals surface area (Å²) < 4.78 is 5.95. The van der Waals surface area contributed by atoms with E-state index in [4.69, 9.17) is 4.74 Å². The van der Waals surface area contributed by atoms with Crippen LogP contribution in [-0.2, 0) is 6.54 Å². The van der Waals surface area contributed by atoms with Crippen LogP contribution in [-0.4, -0.2) is 34.1 Å². The van der Waals surface area contributed by atoms with Crippen molar-refractivity contribution in [2.24, 2.45) is 0 Å². The minimum Gasteiger partial charge on any atom is -0.489 e. The first-order valence-corrected chi connectivity index (χ1v) is 7.57. The Labute approximate surface area is 130 Å². The second-order valence-electron chi connectivity index (χ2n) is 5.51. The first kappa shape index (κ1) is 14.7. The molecule has 2 aromatic heterocycles. The van der Waals surface area contributed by atoms with Gasteiger partial charge in [-0.2, -0.15) is 0 Å². The van der Waals surface area contributed by atoms with Gasteiger partial charge in [-0.15, -0.1) is 0 Å². The molecule has 3 heterocycles. The van der Waals surface area contributed by atoms with Crippen molar-refractivity contribution in [2.75, 3.05) is 18.4 Å². The van der Waals surface area contributed by atoms with Gasteiger partial charge in [-0.1, -0.05) is 0 Å². The van der Waals surface area contributed by atoms with Crippen LogP contribution in [0, 0.1) is 13.8 Å². The van der Waals surface area contributed by atoms with E-state index in [2.05, 4.69) is 25.6 Å². The summed E-state index contributed by atoms with van der Waals surface area (Å²) in [5.41, 5.74) is 1.88. The van der Waals surface area contributed by atoms with Gasteiger partial charge in [0.1, 0.15) is 23.5 Å². The molecular formula is C16H21N5O. The number of nitrogens with zero attached hydrogens (tertiary/aromatic N) is 3. The van der Waals surface area contributed by atoms with E-state index >= 15 is 0 Å². The lowest BCUT2D eigenvalue weighted by Crippen LogP contribution is -2.19. The van der Waals surface area contributed by atoms with Crippen LogP contribution in [0.1, 0.15) is 23.6 Å². The van der Waals surface area contributed by atoms with Gasteiger partial charge < -0.3 is 15.4 Å². The predicted octanol–water partition coefficient (Wildman–Crippen LogP) is 1.84. The maximum atomic E-state index is 5.95. The van der Waals surface area contributed by atoms with Gasteiger partial charge in [0.05, 0.1) is 12.2 Å². The number of aryl methyl sites for hydroxylation is 2. The Bertz CT molecular complexity index is 620. The summed E-state index contributed by atoms with van der Waals surface area (Å²) >= 11 is 0. The fourth-order valence-corrected chi connectivity index (χ4v) is 2.54. The van der Waals surface area contributed by atoms with Gasteiger partial charge >= 0.3 is 0 Å². The van der Waals surface area contributed by atoms with Gasteiger partial charge in [0.2, 0.25) is 0 Å². The molecule has 2 aromatic rings. The van der Waals surface area contributed by atoms with E-state index in [-0.39, 0.29) is 6.10 Å². The molecule has 1 fully saturated rings. The molecule has 0 saturated carbocycles. The zero-order chi connectivity index (χ0) is 15.4. The van der Waals surface area contributed by atoms with Crippen molar-refractivity contribution in [1.82, 2.24) is 20.3 Å². The zero-order valence-electron chi connectivity index (χ0n) is 13.0. The summed E-state index contributed by atoms with van der Waals surface area (Å²) in [4.78, 5) is 13.0. The maximum Gasteiger partial charge on any atom is 0.130 e. The van der Waals surface area contributed by atoms with Gasteiger partial charge in [0.25, 0.3) is 0 Å². The molecular weight excluding hydrogens is 278 g/mol. The Morgan fingerprint density at radius 3 is 3.00 bits per heavy atom. The molecule has 6 heteroatoms. The van der Waals surface area contributed by atoms with Crippen molar-refractivity contribution in [2.45, 2.75) is 32.9 Å². The molecule has 1 saturated heterocycles. The number of ether oxygens (including phenoxy) is 1. The third kappa shape index (κ3) is 3.92. The Hall–Kier alpha value is -2.21. The van der Waals surface area contributed by atoms with Crippen molar-refractivity contribution < 1.29 is 4.74 Å². The molecule has 1 aliphatic heterocycles. The minimum absolute atomic E-state index is 0.260. The van der Waals surface area contributed by atoms with Crippen molar-refractivity contribution >= 4 is 5.82 Å². The number of anilines is 1. The molecule has 1 aliphatic rings. The number of hydrogen-bond donors (Lipinski definition) is 2. The molecule has 0 amide bonds. The second kappa shape index (κ2) is 6.70. The number of hydrogen-bond acceptors (Lipinski definition) is 6.